The smallest absolute Gasteiger partial charge is 0.254 e. The fraction of sp³-hybridized carbons (Fsp3) is 0.462. The first kappa shape index (κ1) is 15.6. The molecule has 1 aromatic rings. The molecule has 0 saturated heterocycles. The number of sulfone groups is 1. The molecule has 0 atom stereocenters. The largest absolute Gasteiger partial charge is 0.350 e. The maximum absolute atomic E-state index is 13.5. The van der Waals surface area contributed by atoms with Gasteiger partial charge in [-0.15, -0.1) is 0 Å². The van der Waals surface area contributed by atoms with E-state index in [0.29, 0.717) is 0 Å². The molecule has 19 heavy (non-hydrogen) atoms. The number of rotatable bonds is 4. The quantitative estimate of drug-likeness (QED) is 0.916. The Balaban J connectivity index is 2.85. The highest BCUT2D eigenvalue weighted by molar-refractivity contribution is 7.92. The molecule has 1 aromatic carbocycles. The molecule has 1 rings (SSSR count). The van der Waals surface area contributed by atoms with Crippen LogP contribution in [0.3, 0.4) is 0 Å². The summed E-state index contributed by atoms with van der Waals surface area (Å²) in [5.74, 6) is -1.24. The van der Waals surface area contributed by atoms with Crippen LogP contribution >= 0.6 is 0 Å². The predicted molar refractivity (Wildman–Crippen MR) is 72.4 cm³/mol. The molecule has 0 spiro atoms. The van der Waals surface area contributed by atoms with Crippen molar-refractivity contribution in [3.05, 3.63) is 35.1 Å². The van der Waals surface area contributed by atoms with Crippen LogP contribution in [0.2, 0.25) is 0 Å². The minimum absolute atomic E-state index is 0.0714. The van der Waals surface area contributed by atoms with Crippen molar-refractivity contribution in [2.45, 2.75) is 25.5 Å². The molecule has 6 heteroatoms. The molecular formula is C13H18FNO3S. The van der Waals surface area contributed by atoms with Crippen molar-refractivity contribution in [1.82, 2.24) is 5.32 Å². The van der Waals surface area contributed by atoms with Crippen LogP contribution in [0, 0.1) is 12.7 Å². The summed E-state index contributed by atoms with van der Waals surface area (Å²) in [5.41, 5.74) is 0.679. The lowest BCUT2D eigenvalue weighted by atomic mass is 10.1. The van der Waals surface area contributed by atoms with Gasteiger partial charge in [0.1, 0.15) is 5.82 Å². The summed E-state index contributed by atoms with van der Waals surface area (Å²) >= 11 is 0. The van der Waals surface area contributed by atoms with Gasteiger partial charge in [0.15, 0.2) is 9.84 Å². The number of amides is 1. The highest BCUT2D eigenvalue weighted by Crippen LogP contribution is 2.15. The lowest BCUT2D eigenvalue weighted by Crippen LogP contribution is -2.43. The second kappa shape index (κ2) is 5.28. The summed E-state index contributed by atoms with van der Waals surface area (Å²) in [6.07, 6.45) is 1.10. The molecule has 106 valence electrons. The zero-order valence-corrected chi connectivity index (χ0v) is 12.3. The van der Waals surface area contributed by atoms with E-state index in [1.54, 1.807) is 13.0 Å². The number of benzene rings is 1. The lowest BCUT2D eigenvalue weighted by Gasteiger charge is -2.22. The third-order valence-corrected chi connectivity index (χ3v) is 5.20. The van der Waals surface area contributed by atoms with Crippen molar-refractivity contribution in [3.8, 4) is 0 Å². The molecule has 0 aliphatic heterocycles. The third-order valence-electron chi connectivity index (χ3n) is 3.04. The molecule has 0 fully saturated rings. The second-order valence-corrected chi connectivity index (χ2v) is 7.85. The molecule has 1 amide bonds. The Hall–Kier alpha value is -1.43. The molecule has 4 nitrogen and oxygen atoms in total. The van der Waals surface area contributed by atoms with Crippen LogP contribution in [0.4, 0.5) is 4.39 Å². The van der Waals surface area contributed by atoms with Crippen LogP contribution in [0.25, 0.3) is 0 Å². The topological polar surface area (TPSA) is 63.2 Å². The fourth-order valence-electron chi connectivity index (χ4n) is 1.33. The number of hydrogen-bond acceptors (Lipinski definition) is 3. The Morgan fingerprint density at radius 3 is 2.47 bits per heavy atom. The number of hydrogen-bond donors (Lipinski definition) is 1. The van der Waals surface area contributed by atoms with Crippen LogP contribution in [0.5, 0.6) is 0 Å². The van der Waals surface area contributed by atoms with Crippen molar-refractivity contribution in [2.75, 3.05) is 12.8 Å². The fourth-order valence-corrected chi connectivity index (χ4v) is 1.67. The van der Waals surface area contributed by atoms with Gasteiger partial charge in [0, 0.05) is 12.8 Å². The van der Waals surface area contributed by atoms with E-state index in [4.69, 9.17) is 0 Å². The van der Waals surface area contributed by atoms with Gasteiger partial charge in [-0.2, -0.15) is 0 Å². The average molecular weight is 287 g/mol. The van der Waals surface area contributed by atoms with E-state index >= 15 is 0 Å². The van der Waals surface area contributed by atoms with Crippen LogP contribution in [0.15, 0.2) is 18.2 Å². The number of nitrogens with one attached hydrogen (secondary N) is 1. The van der Waals surface area contributed by atoms with Crippen LogP contribution in [-0.2, 0) is 9.84 Å². The zero-order valence-electron chi connectivity index (χ0n) is 11.5. The van der Waals surface area contributed by atoms with E-state index in [1.165, 1.54) is 26.0 Å². The van der Waals surface area contributed by atoms with Crippen molar-refractivity contribution >= 4 is 15.7 Å². The van der Waals surface area contributed by atoms with Gasteiger partial charge in [0.05, 0.1) is 10.3 Å². The van der Waals surface area contributed by atoms with Gasteiger partial charge in [-0.05, 0) is 32.9 Å². The van der Waals surface area contributed by atoms with E-state index in [0.717, 1.165) is 11.8 Å². The molecule has 0 aromatic heterocycles. The standard InChI is InChI=1S/C13H18FNO3S/c1-9-5-6-11(14)10(7-9)12(16)15-8-13(2,3)19(4,17)18/h5-7H,8H2,1-4H3,(H,15,16). The van der Waals surface area contributed by atoms with Gasteiger partial charge >= 0.3 is 0 Å². The first-order valence-electron chi connectivity index (χ1n) is 5.78. The van der Waals surface area contributed by atoms with Gasteiger partial charge < -0.3 is 5.32 Å². The van der Waals surface area contributed by atoms with Gasteiger partial charge in [0.25, 0.3) is 5.91 Å². The summed E-state index contributed by atoms with van der Waals surface area (Å²) in [4.78, 5) is 11.8. The van der Waals surface area contributed by atoms with E-state index in [2.05, 4.69) is 5.32 Å². The summed E-state index contributed by atoms with van der Waals surface area (Å²) in [7, 11) is -3.31. The van der Waals surface area contributed by atoms with Crippen LogP contribution in [0.1, 0.15) is 29.8 Å². The van der Waals surface area contributed by atoms with Crippen molar-refractivity contribution in [3.63, 3.8) is 0 Å². The van der Waals surface area contributed by atoms with Gasteiger partial charge in [-0.1, -0.05) is 11.6 Å². The van der Waals surface area contributed by atoms with Crippen LogP contribution in [-0.4, -0.2) is 31.9 Å². The Morgan fingerprint density at radius 2 is 1.95 bits per heavy atom. The van der Waals surface area contributed by atoms with E-state index in [-0.39, 0.29) is 12.1 Å². The molecule has 0 unspecified atom stereocenters. The van der Waals surface area contributed by atoms with E-state index < -0.39 is 26.3 Å². The highest BCUT2D eigenvalue weighted by Gasteiger charge is 2.30. The monoisotopic (exact) mass is 287 g/mol. The van der Waals surface area contributed by atoms with Gasteiger partial charge in [0.2, 0.25) is 0 Å². The van der Waals surface area contributed by atoms with Gasteiger partial charge in [-0.25, -0.2) is 12.8 Å². The maximum Gasteiger partial charge on any atom is 0.254 e. The highest BCUT2D eigenvalue weighted by atomic mass is 32.2. The lowest BCUT2D eigenvalue weighted by molar-refractivity contribution is 0.0946. The molecule has 0 radical (unpaired) electrons. The number of aryl methyl sites for hydroxylation is 1. The summed E-state index contributed by atoms with van der Waals surface area (Å²) in [5, 5.41) is 2.46. The van der Waals surface area contributed by atoms with Crippen molar-refractivity contribution < 1.29 is 17.6 Å². The first-order chi connectivity index (χ1) is 8.54. The Morgan fingerprint density at radius 1 is 1.37 bits per heavy atom. The third kappa shape index (κ3) is 3.76. The second-order valence-electron chi connectivity index (χ2n) is 5.20. The van der Waals surface area contributed by atoms with E-state index in [9.17, 15) is 17.6 Å². The molecule has 0 heterocycles. The summed E-state index contributed by atoms with van der Waals surface area (Å²) in [6, 6.07) is 4.20. The minimum Gasteiger partial charge on any atom is -0.350 e. The van der Waals surface area contributed by atoms with Crippen molar-refractivity contribution in [2.24, 2.45) is 0 Å². The van der Waals surface area contributed by atoms with Crippen LogP contribution < -0.4 is 5.32 Å². The molecule has 0 saturated carbocycles. The summed E-state index contributed by atoms with van der Waals surface area (Å²) < 4.78 is 35.4. The normalized spacial score (nSPS) is 12.3. The SMILES string of the molecule is Cc1ccc(F)c(C(=O)NCC(C)(C)S(C)(=O)=O)c1. The first-order valence-corrected chi connectivity index (χ1v) is 7.68. The zero-order chi connectivity index (χ0) is 14.8. The molecular weight excluding hydrogens is 269 g/mol. The van der Waals surface area contributed by atoms with Crippen molar-refractivity contribution in [1.29, 1.82) is 0 Å². The molecule has 0 aliphatic rings. The minimum atomic E-state index is -3.31. The molecule has 0 bridgehead atoms. The summed E-state index contributed by atoms with van der Waals surface area (Å²) in [6.45, 7) is 4.69. The predicted octanol–water partition coefficient (Wildman–Crippen LogP) is 1.69. The average Bonchev–Trinajstić information content (AvgIpc) is 2.28. The maximum atomic E-state index is 13.5. The van der Waals surface area contributed by atoms with E-state index in [1.807, 2.05) is 0 Å². The number of carbonyl (C=O) groups is 1. The van der Waals surface area contributed by atoms with Gasteiger partial charge in [-0.3, -0.25) is 4.79 Å². The Labute approximate surface area is 112 Å². The Kier molecular flexibility index (Phi) is 4.35. The molecule has 1 N–H and O–H groups in total. The number of halogens is 1. The molecule has 0 aliphatic carbocycles. The number of carbonyl (C=O) groups excluding carboxylic acids is 1. The Bertz CT molecular complexity index is 594.